The highest BCUT2D eigenvalue weighted by molar-refractivity contribution is 5.65. The fraction of sp³-hybridized carbons (Fsp3) is 0.476. The van der Waals surface area contributed by atoms with Gasteiger partial charge in [-0.15, -0.1) is 0 Å². The molecule has 0 N–H and O–H groups in total. The zero-order valence-electron chi connectivity index (χ0n) is 16.5. The van der Waals surface area contributed by atoms with Crippen molar-refractivity contribution < 1.29 is 9.26 Å². The molecule has 0 aromatic carbocycles. The lowest BCUT2D eigenvalue weighted by molar-refractivity contribution is 0.0642. The highest BCUT2D eigenvalue weighted by Crippen LogP contribution is 2.32. The van der Waals surface area contributed by atoms with E-state index in [1.807, 2.05) is 19.2 Å². The molecular formula is C21H24N6O2. The van der Waals surface area contributed by atoms with E-state index in [0.29, 0.717) is 17.6 Å². The molecule has 1 saturated heterocycles. The van der Waals surface area contributed by atoms with E-state index in [-0.39, 0.29) is 0 Å². The fourth-order valence-corrected chi connectivity index (χ4v) is 4.21. The number of anilines is 1. The number of hydrogen-bond acceptors (Lipinski definition) is 8. The van der Waals surface area contributed by atoms with E-state index in [4.69, 9.17) is 14.2 Å². The predicted octanol–water partition coefficient (Wildman–Crippen LogP) is 2.76. The van der Waals surface area contributed by atoms with Crippen LogP contribution in [0.5, 0.6) is 0 Å². The number of pyridine rings is 1. The maximum Gasteiger partial charge on any atom is 0.227 e. The Bertz CT molecular complexity index is 984. The van der Waals surface area contributed by atoms with E-state index in [1.165, 1.54) is 11.1 Å². The largest absolute Gasteiger partial charge is 0.381 e. The van der Waals surface area contributed by atoms with Crippen molar-refractivity contribution in [2.75, 3.05) is 24.7 Å². The fourth-order valence-electron chi connectivity index (χ4n) is 4.21. The Kier molecular flexibility index (Phi) is 4.93. The van der Waals surface area contributed by atoms with Crippen molar-refractivity contribution in [2.45, 2.75) is 39.2 Å². The molecule has 0 amide bonds. The van der Waals surface area contributed by atoms with Gasteiger partial charge in [0.1, 0.15) is 0 Å². The molecule has 29 heavy (non-hydrogen) atoms. The van der Waals surface area contributed by atoms with E-state index in [2.05, 4.69) is 25.0 Å². The summed E-state index contributed by atoms with van der Waals surface area (Å²) in [4.78, 5) is 20.3. The van der Waals surface area contributed by atoms with Crippen LogP contribution in [-0.2, 0) is 24.1 Å². The molecule has 8 nitrogen and oxygen atoms in total. The molecule has 1 fully saturated rings. The molecule has 2 aliphatic heterocycles. The van der Waals surface area contributed by atoms with Crippen LogP contribution in [0.1, 0.15) is 35.6 Å². The van der Waals surface area contributed by atoms with Crippen LogP contribution in [0, 0.1) is 12.8 Å². The molecule has 3 aromatic heterocycles. The van der Waals surface area contributed by atoms with Crippen LogP contribution in [0.4, 0.5) is 5.95 Å². The number of aryl methyl sites for hydroxylation is 1. The van der Waals surface area contributed by atoms with Gasteiger partial charge in [-0.2, -0.15) is 4.98 Å². The topological polar surface area (TPSA) is 90.1 Å². The van der Waals surface area contributed by atoms with Gasteiger partial charge in [-0.3, -0.25) is 4.98 Å². The monoisotopic (exact) mass is 392 g/mol. The van der Waals surface area contributed by atoms with E-state index in [9.17, 15) is 0 Å². The summed E-state index contributed by atoms with van der Waals surface area (Å²) < 4.78 is 11.0. The maximum absolute atomic E-state index is 5.60. The van der Waals surface area contributed by atoms with E-state index in [0.717, 1.165) is 69.2 Å². The van der Waals surface area contributed by atoms with Crippen LogP contribution in [-0.4, -0.2) is 44.9 Å². The van der Waals surface area contributed by atoms with Crippen molar-refractivity contribution >= 4 is 5.95 Å². The van der Waals surface area contributed by atoms with E-state index in [1.54, 1.807) is 12.4 Å². The van der Waals surface area contributed by atoms with Crippen LogP contribution in [0.25, 0.3) is 11.4 Å². The maximum atomic E-state index is 5.60. The van der Waals surface area contributed by atoms with Gasteiger partial charge in [-0.25, -0.2) is 9.97 Å². The van der Waals surface area contributed by atoms with Crippen LogP contribution >= 0.6 is 0 Å². The van der Waals surface area contributed by atoms with Crippen LogP contribution in [0.15, 0.2) is 29.2 Å². The average Bonchev–Trinajstić information content (AvgIpc) is 3.22. The standard InChI is InChI=1S/C21H24N6O2/c1-14-19(20-25-18(29-26-20)11-15-4-9-28-10-5-15)17-3-8-27(13-16(17)12-24-14)21-22-6-2-7-23-21/h2,6-7,12,15H,3-5,8-11,13H2,1H3. The second kappa shape index (κ2) is 7.87. The van der Waals surface area contributed by atoms with Crippen molar-refractivity contribution in [1.82, 2.24) is 25.1 Å². The van der Waals surface area contributed by atoms with Gasteiger partial charge in [0.05, 0.1) is 0 Å². The zero-order valence-corrected chi connectivity index (χ0v) is 16.5. The van der Waals surface area contributed by atoms with E-state index >= 15 is 0 Å². The second-order valence-electron chi connectivity index (χ2n) is 7.71. The molecule has 5 rings (SSSR count). The minimum atomic E-state index is 0.556. The van der Waals surface area contributed by atoms with Crippen molar-refractivity contribution in [3.05, 3.63) is 47.4 Å². The lowest BCUT2D eigenvalue weighted by atomic mass is 9.94. The van der Waals surface area contributed by atoms with Gasteiger partial charge in [-0.05, 0) is 49.3 Å². The van der Waals surface area contributed by atoms with Crippen molar-refractivity contribution in [3.8, 4) is 11.4 Å². The lowest BCUT2D eigenvalue weighted by Gasteiger charge is -2.29. The summed E-state index contributed by atoms with van der Waals surface area (Å²) in [6.07, 6.45) is 9.29. The number of fused-ring (bicyclic) bond motifs is 1. The Morgan fingerprint density at radius 1 is 1.14 bits per heavy atom. The lowest BCUT2D eigenvalue weighted by Crippen LogP contribution is -2.32. The molecule has 0 unspecified atom stereocenters. The van der Waals surface area contributed by atoms with Crippen LogP contribution < -0.4 is 4.90 Å². The minimum Gasteiger partial charge on any atom is -0.381 e. The summed E-state index contributed by atoms with van der Waals surface area (Å²) in [5.41, 5.74) is 4.37. The molecule has 0 saturated carbocycles. The Morgan fingerprint density at radius 3 is 2.79 bits per heavy atom. The molecule has 150 valence electrons. The van der Waals surface area contributed by atoms with Crippen molar-refractivity contribution in [2.24, 2.45) is 5.92 Å². The number of hydrogen-bond donors (Lipinski definition) is 0. The Hall–Kier alpha value is -2.87. The highest BCUT2D eigenvalue weighted by atomic mass is 16.5. The Balaban J connectivity index is 1.40. The van der Waals surface area contributed by atoms with Gasteiger partial charge in [-0.1, -0.05) is 5.16 Å². The molecule has 3 aromatic rings. The van der Waals surface area contributed by atoms with Gasteiger partial charge in [0.15, 0.2) is 0 Å². The smallest absolute Gasteiger partial charge is 0.227 e. The van der Waals surface area contributed by atoms with Crippen LogP contribution in [0.3, 0.4) is 0 Å². The van der Waals surface area contributed by atoms with E-state index < -0.39 is 0 Å². The summed E-state index contributed by atoms with van der Waals surface area (Å²) in [7, 11) is 0. The quantitative estimate of drug-likeness (QED) is 0.669. The summed E-state index contributed by atoms with van der Waals surface area (Å²) >= 11 is 0. The third kappa shape index (κ3) is 3.72. The molecule has 5 heterocycles. The van der Waals surface area contributed by atoms with Gasteiger partial charge < -0.3 is 14.2 Å². The van der Waals surface area contributed by atoms with Gasteiger partial charge in [0, 0.05) is 62.6 Å². The molecule has 0 atom stereocenters. The third-order valence-electron chi connectivity index (χ3n) is 5.79. The minimum absolute atomic E-state index is 0.556. The number of ether oxygens (including phenoxy) is 1. The molecule has 0 spiro atoms. The summed E-state index contributed by atoms with van der Waals surface area (Å²) in [5.74, 6) is 2.66. The molecule has 0 aliphatic carbocycles. The molecular weight excluding hydrogens is 368 g/mol. The molecule has 0 radical (unpaired) electrons. The first-order valence-electron chi connectivity index (χ1n) is 10.2. The first kappa shape index (κ1) is 18.2. The van der Waals surface area contributed by atoms with Gasteiger partial charge >= 0.3 is 0 Å². The second-order valence-corrected chi connectivity index (χ2v) is 7.71. The Labute approximate surface area is 169 Å². The number of aromatic nitrogens is 5. The zero-order chi connectivity index (χ0) is 19.6. The SMILES string of the molecule is Cc1ncc2c(c1-c1noc(CC3CCOCC3)n1)CCN(c1ncccn1)C2. The molecule has 8 heteroatoms. The third-order valence-corrected chi connectivity index (χ3v) is 5.79. The predicted molar refractivity (Wildman–Crippen MR) is 106 cm³/mol. The molecule has 0 bridgehead atoms. The first-order valence-corrected chi connectivity index (χ1v) is 10.2. The first-order chi connectivity index (χ1) is 14.3. The number of rotatable bonds is 4. The van der Waals surface area contributed by atoms with Gasteiger partial charge in [0.25, 0.3) is 0 Å². The average molecular weight is 392 g/mol. The summed E-state index contributed by atoms with van der Waals surface area (Å²) in [6.45, 7) is 5.23. The highest BCUT2D eigenvalue weighted by Gasteiger charge is 2.26. The summed E-state index contributed by atoms with van der Waals surface area (Å²) in [5, 5.41) is 4.30. The normalized spacial score (nSPS) is 17.3. The molecule has 2 aliphatic rings. The summed E-state index contributed by atoms with van der Waals surface area (Å²) in [6, 6.07) is 1.83. The van der Waals surface area contributed by atoms with Gasteiger partial charge in [0.2, 0.25) is 17.7 Å². The van der Waals surface area contributed by atoms with Crippen molar-refractivity contribution in [1.29, 1.82) is 0 Å². The Morgan fingerprint density at radius 2 is 1.97 bits per heavy atom. The van der Waals surface area contributed by atoms with Crippen molar-refractivity contribution in [3.63, 3.8) is 0 Å². The van der Waals surface area contributed by atoms with Crippen LogP contribution in [0.2, 0.25) is 0 Å². The number of nitrogens with zero attached hydrogens (tertiary/aromatic N) is 6.